The first-order valence-corrected chi connectivity index (χ1v) is 13.6. The Morgan fingerprint density at radius 2 is 0.625 bits per heavy atom. The summed E-state index contributed by atoms with van der Waals surface area (Å²) < 4.78 is 0. The number of amides is 8. The molecular weight excluding hydrogens is 1300 g/mol. The molecule has 0 aromatic carbocycles. The molecule has 0 atom stereocenters. The Labute approximate surface area is 342 Å². The summed E-state index contributed by atoms with van der Waals surface area (Å²) in [5, 5.41) is 0. The number of rotatable bonds is 6. The minimum Gasteiger partial charge on any atom is -0.431 e. The molecule has 0 saturated heterocycles. The molecule has 0 saturated carbocycles. The zero-order chi connectivity index (χ0) is 34.6. The molecule has 0 fully saturated rings. The SMILES string of the molecule is [CH2-]C.[CH2-]C.[CH2-]C(CC)CC.[CH2-]C(CN1C(=O)C=CC1=O)CN1C(=O)C=CC1=O.[CH2-]N1C(=O)C=CC1=O.[CH2-]N1C(=O)C=CC1=O.[W].[W].[W].[W]. The van der Waals surface area contributed by atoms with Gasteiger partial charge in [0.05, 0.1) is 0 Å². The van der Waals surface area contributed by atoms with Gasteiger partial charge in [-0.3, -0.25) is 48.2 Å². The van der Waals surface area contributed by atoms with Crippen molar-refractivity contribution in [1.29, 1.82) is 0 Å². The number of carbonyl (C=O) groups is 8. The van der Waals surface area contributed by atoms with Gasteiger partial charge >= 0.3 is 0 Å². The van der Waals surface area contributed by atoms with Gasteiger partial charge in [-0.2, -0.15) is 19.8 Å². The fourth-order valence-corrected chi connectivity index (χ4v) is 2.95. The van der Waals surface area contributed by atoms with Crippen LogP contribution in [0, 0.1) is 53.6 Å². The number of nitrogens with zero attached hydrogens (tertiary/aromatic N) is 4. The van der Waals surface area contributed by atoms with Crippen LogP contribution >= 0.6 is 0 Å². The van der Waals surface area contributed by atoms with E-state index in [-0.39, 0.29) is 121 Å². The van der Waals surface area contributed by atoms with E-state index in [1.54, 1.807) is 13.8 Å². The van der Waals surface area contributed by atoms with Gasteiger partial charge < -0.3 is 37.5 Å². The molecule has 8 amide bonds. The van der Waals surface area contributed by atoms with Crippen LogP contribution in [0.1, 0.15) is 40.5 Å². The maximum atomic E-state index is 11.3. The molecule has 4 rings (SSSR count). The maximum Gasteiger partial charge on any atom is 0.253 e. The molecule has 0 aromatic rings. The van der Waals surface area contributed by atoms with Gasteiger partial charge in [-0.05, 0) is 0 Å². The second-order valence-corrected chi connectivity index (χ2v) is 8.67. The van der Waals surface area contributed by atoms with Gasteiger partial charge in [0.15, 0.2) is 0 Å². The summed E-state index contributed by atoms with van der Waals surface area (Å²) in [6.45, 7) is 22.1. The predicted molar refractivity (Wildman–Crippen MR) is 165 cm³/mol. The minimum atomic E-state index is -0.411. The topological polar surface area (TPSA) is 150 Å². The number of hydrogen-bond acceptors (Lipinski definition) is 8. The molecule has 12 nitrogen and oxygen atoms in total. The molecule has 0 radical (unpaired) electrons. The van der Waals surface area contributed by atoms with Crippen LogP contribution in [0.25, 0.3) is 0 Å². The van der Waals surface area contributed by atoms with Crippen molar-refractivity contribution in [3.63, 3.8) is 0 Å². The molecule has 0 aliphatic carbocycles. The monoisotopic (exact) mass is 1350 g/mol. The molecule has 0 N–H and O–H groups in total. The summed E-state index contributed by atoms with van der Waals surface area (Å²) in [6, 6.07) is 0. The van der Waals surface area contributed by atoms with E-state index in [0.29, 0.717) is 5.92 Å². The van der Waals surface area contributed by atoms with Gasteiger partial charge in [0, 0.05) is 146 Å². The Kier molecular flexibility index (Phi) is 39.6. The molecule has 4 aliphatic heterocycles. The van der Waals surface area contributed by atoms with Crippen LogP contribution in [0.3, 0.4) is 0 Å². The molecule has 0 bridgehead atoms. The summed E-state index contributed by atoms with van der Waals surface area (Å²) in [6.07, 6.45) is 11.9. The third-order valence-corrected chi connectivity index (χ3v) is 5.64. The summed E-state index contributed by atoms with van der Waals surface area (Å²) in [5.74, 6) is -2.72. The summed E-state index contributed by atoms with van der Waals surface area (Å²) in [5.41, 5.74) is 0. The largest absolute Gasteiger partial charge is 0.431 e. The fourth-order valence-electron chi connectivity index (χ4n) is 2.95. The van der Waals surface area contributed by atoms with Crippen LogP contribution in [0.4, 0.5) is 0 Å². The minimum absolute atomic E-state index is 0. The van der Waals surface area contributed by atoms with Gasteiger partial charge in [0.2, 0.25) is 23.6 Å². The third kappa shape index (κ3) is 21.4. The van der Waals surface area contributed by atoms with E-state index in [1.807, 2.05) is 0 Å². The summed E-state index contributed by atoms with van der Waals surface area (Å²) in [4.78, 5) is 90.3. The smallest absolute Gasteiger partial charge is 0.253 e. The zero-order valence-electron chi connectivity index (χ0n) is 27.5. The van der Waals surface area contributed by atoms with E-state index in [2.05, 4.69) is 55.6 Å². The zero-order valence-corrected chi connectivity index (χ0v) is 39.3. The first kappa shape index (κ1) is 58.5. The first-order chi connectivity index (χ1) is 20.7. The van der Waals surface area contributed by atoms with Crippen LogP contribution in [-0.2, 0) is 123 Å². The third-order valence-electron chi connectivity index (χ3n) is 5.64. The Morgan fingerprint density at radius 3 is 0.750 bits per heavy atom. The second kappa shape index (κ2) is 32.5. The molecule has 4 heterocycles. The van der Waals surface area contributed by atoms with E-state index in [1.165, 1.54) is 61.4 Å². The second-order valence-electron chi connectivity index (χ2n) is 8.67. The molecule has 268 valence electrons. The van der Waals surface area contributed by atoms with Crippen molar-refractivity contribution in [1.82, 2.24) is 19.6 Å². The van der Waals surface area contributed by atoms with Crippen molar-refractivity contribution < 1.29 is 123 Å². The molecule has 0 aromatic heterocycles. The van der Waals surface area contributed by atoms with Crippen molar-refractivity contribution >= 4 is 47.3 Å². The summed E-state index contributed by atoms with van der Waals surface area (Å²) in [7, 11) is 6.34. The van der Waals surface area contributed by atoms with Gasteiger partial charge in [-0.1, -0.05) is 26.7 Å². The van der Waals surface area contributed by atoms with Crippen molar-refractivity contribution in [3.05, 3.63) is 90.4 Å². The molecule has 0 spiro atoms. The van der Waals surface area contributed by atoms with Crippen LogP contribution in [0.15, 0.2) is 48.6 Å². The number of hydrogen-bond donors (Lipinski definition) is 0. The van der Waals surface area contributed by atoms with E-state index in [0.717, 1.165) is 19.6 Å². The van der Waals surface area contributed by atoms with E-state index in [4.69, 9.17) is 0 Å². The quantitative estimate of drug-likeness (QED) is 0.292. The average Bonchev–Trinajstić information content (AvgIpc) is 3.72. The normalized spacial score (nSPS) is 14.8. The standard InChI is InChI=1S/C12H11N2O4.C6H13.2C5H4NO2.2C2H5.4W/c1-8(6-13-9(15)2-3-10(13)16)7-14-11(17)4-5-12(14)18;1-4-6(3)5-2;2*1-6-4(7)2-3-5(6)8;2*1-2;;;;/h2-5,8H,1,6-7H2;6H,3-5H2,1-2H3;2*2-3H,1H2;2*1H2,2H3;;;;/q6*-1;;;;. The van der Waals surface area contributed by atoms with E-state index in [9.17, 15) is 38.4 Å². The van der Waals surface area contributed by atoms with Crippen LogP contribution in [0.2, 0.25) is 0 Å². The average molecular weight is 1350 g/mol. The Hall–Kier alpha value is -1.73. The molecule has 0 unspecified atom stereocenters. The predicted octanol–water partition coefficient (Wildman–Crippen LogP) is 2.62. The fraction of sp³-hybridized carbons (Fsp3) is 0.312. The molecule has 48 heavy (non-hydrogen) atoms. The van der Waals surface area contributed by atoms with Crippen LogP contribution in [-0.4, -0.2) is 79.9 Å². The van der Waals surface area contributed by atoms with Gasteiger partial charge in [0.25, 0.3) is 23.6 Å². The number of carbonyl (C=O) groups excluding carboxylic acids is 8. The Bertz CT molecular complexity index is 1030. The number of imide groups is 4. The Morgan fingerprint density at radius 1 is 0.438 bits per heavy atom. The van der Waals surface area contributed by atoms with Crippen molar-refractivity contribution in [3.8, 4) is 0 Å². The molecule has 4 aliphatic rings. The van der Waals surface area contributed by atoms with Crippen molar-refractivity contribution in [2.75, 3.05) is 13.1 Å². The first-order valence-electron chi connectivity index (χ1n) is 13.6. The Balaban J connectivity index is -0.000000126. The van der Waals surface area contributed by atoms with Gasteiger partial charge in [0.1, 0.15) is 0 Å². The van der Waals surface area contributed by atoms with E-state index < -0.39 is 29.5 Å². The van der Waals surface area contributed by atoms with Crippen LogP contribution < -0.4 is 0 Å². The van der Waals surface area contributed by atoms with Crippen LogP contribution in [0.5, 0.6) is 0 Å². The van der Waals surface area contributed by atoms with Crippen molar-refractivity contribution in [2.45, 2.75) is 40.5 Å². The van der Waals surface area contributed by atoms with Crippen molar-refractivity contribution in [2.24, 2.45) is 11.8 Å². The summed E-state index contributed by atoms with van der Waals surface area (Å²) >= 11 is 0. The molecular formula is C32H42N4O8W4-6. The van der Waals surface area contributed by atoms with E-state index >= 15 is 0 Å². The maximum absolute atomic E-state index is 11.3. The molecule has 16 heteroatoms. The van der Waals surface area contributed by atoms with Gasteiger partial charge in [-0.15, -0.1) is 5.92 Å². The van der Waals surface area contributed by atoms with Gasteiger partial charge in [-0.25, -0.2) is 14.1 Å².